The zero-order valence-electron chi connectivity index (χ0n) is 11.4. The van der Waals surface area contributed by atoms with Crippen LogP contribution in [-0.4, -0.2) is 31.3 Å². The first kappa shape index (κ1) is 14.4. The third-order valence-corrected chi connectivity index (χ3v) is 4.56. The molecule has 2 N–H and O–H groups in total. The molecule has 1 saturated heterocycles. The lowest BCUT2D eigenvalue weighted by atomic mass is 9.82. The second-order valence-corrected chi connectivity index (χ2v) is 6.43. The second-order valence-electron chi connectivity index (χ2n) is 5.26. The zero-order valence-corrected chi connectivity index (χ0v) is 12.3. The fraction of sp³-hybridized carbons (Fsp3) is 0.533. The van der Waals surface area contributed by atoms with Gasteiger partial charge < -0.3 is 10.6 Å². The van der Waals surface area contributed by atoms with Crippen LogP contribution in [0, 0.1) is 5.41 Å². The fourth-order valence-corrected chi connectivity index (χ4v) is 3.10. The molecular formula is C15H22N2OS. The largest absolute Gasteiger partial charge is 0.355 e. The number of piperidine rings is 1. The van der Waals surface area contributed by atoms with Crippen LogP contribution < -0.4 is 10.6 Å². The maximum atomic E-state index is 12.2. The Hall–Kier alpha value is -1.00. The minimum atomic E-state index is -0.227. The van der Waals surface area contributed by atoms with Gasteiger partial charge in [-0.3, -0.25) is 4.79 Å². The Morgan fingerprint density at radius 1 is 1.42 bits per heavy atom. The van der Waals surface area contributed by atoms with Crippen molar-refractivity contribution in [1.29, 1.82) is 0 Å². The Kier molecular flexibility index (Phi) is 5.28. The van der Waals surface area contributed by atoms with E-state index in [0.29, 0.717) is 0 Å². The summed E-state index contributed by atoms with van der Waals surface area (Å²) in [7, 11) is 0. The molecule has 4 heteroatoms. The van der Waals surface area contributed by atoms with Crippen LogP contribution in [0.4, 0.5) is 0 Å². The van der Waals surface area contributed by atoms with Gasteiger partial charge in [-0.2, -0.15) is 0 Å². The van der Waals surface area contributed by atoms with Crippen LogP contribution in [0.5, 0.6) is 0 Å². The predicted octanol–water partition coefficient (Wildman–Crippen LogP) is 2.28. The van der Waals surface area contributed by atoms with Crippen LogP contribution in [-0.2, 0) is 4.79 Å². The van der Waals surface area contributed by atoms with Crippen molar-refractivity contribution in [3.8, 4) is 0 Å². The first-order chi connectivity index (χ1) is 9.21. The van der Waals surface area contributed by atoms with Gasteiger partial charge in [-0.1, -0.05) is 18.2 Å². The van der Waals surface area contributed by atoms with Crippen LogP contribution in [0.25, 0.3) is 0 Å². The van der Waals surface area contributed by atoms with Gasteiger partial charge in [0.1, 0.15) is 0 Å². The SMILES string of the molecule is CC1(C(=O)NCCSc2ccccc2)CCCNC1. The van der Waals surface area contributed by atoms with E-state index >= 15 is 0 Å². The molecule has 1 heterocycles. The van der Waals surface area contributed by atoms with E-state index in [9.17, 15) is 4.79 Å². The highest BCUT2D eigenvalue weighted by Crippen LogP contribution is 2.25. The van der Waals surface area contributed by atoms with Crippen LogP contribution in [0.15, 0.2) is 35.2 Å². The summed E-state index contributed by atoms with van der Waals surface area (Å²) in [5.74, 6) is 1.10. The monoisotopic (exact) mass is 278 g/mol. The highest BCUT2D eigenvalue weighted by Gasteiger charge is 2.34. The molecule has 0 spiro atoms. The van der Waals surface area contributed by atoms with Crippen molar-refractivity contribution in [2.75, 3.05) is 25.4 Å². The summed E-state index contributed by atoms with van der Waals surface area (Å²) >= 11 is 1.78. The second kappa shape index (κ2) is 6.96. The van der Waals surface area contributed by atoms with E-state index in [1.165, 1.54) is 4.90 Å². The van der Waals surface area contributed by atoms with Gasteiger partial charge in [0.2, 0.25) is 5.91 Å². The van der Waals surface area contributed by atoms with E-state index in [-0.39, 0.29) is 11.3 Å². The van der Waals surface area contributed by atoms with Crippen molar-refractivity contribution in [2.24, 2.45) is 5.41 Å². The van der Waals surface area contributed by atoms with Crippen molar-refractivity contribution in [3.63, 3.8) is 0 Å². The first-order valence-corrected chi connectivity index (χ1v) is 7.86. The van der Waals surface area contributed by atoms with Gasteiger partial charge in [-0.25, -0.2) is 0 Å². The Morgan fingerprint density at radius 2 is 2.21 bits per heavy atom. The zero-order chi connectivity index (χ0) is 13.6. The van der Waals surface area contributed by atoms with Crippen molar-refractivity contribution >= 4 is 17.7 Å². The number of rotatable bonds is 5. The molecule has 1 amide bonds. The van der Waals surface area contributed by atoms with Crippen LogP contribution >= 0.6 is 11.8 Å². The molecule has 1 aliphatic heterocycles. The molecule has 0 aromatic heterocycles. The number of carbonyl (C=O) groups excluding carboxylic acids is 1. The Balaban J connectivity index is 1.69. The van der Waals surface area contributed by atoms with Crippen molar-refractivity contribution in [3.05, 3.63) is 30.3 Å². The molecule has 1 aromatic carbocycles. The topological polar surface area (TPSA) is 41.1 Å². The van der Waals surface area contributed by atoms with E-state index in [4.69, 9.17) is 0 Å². The smallest absolute Gasteiger partial charge is 0.227 e. The fourth-order valence-electron chi connectivity index (χ4n) is 2.31. The average Bonchev–Trinajstić information content (AvgIpc) is 2.45. The van der Waals surface area contributed by atoms with Gasteiger partial charge >= 0.3 is 0 Å². The quantitative estimate of drug-likeness (QED) is 0.641. The van der Waals surface area contributed by atoms with E-state index in [2.05, 4.69) is 29.7 Å². The highest BCUT2D eigenvalue weighted by molar-refractivity contribution is 7.99. The number of nitrogens with one attached hydrogen (secondary N) is 2. The minimum absolute atomic E-state index is 0.188. The normalized spacial score (nSPS) is 23.0. The standard InChI is InChI=1S/C15H22N2OS/c1-15(8-5-9-16-12-15)14(18)17-10-11-19-13-6-3-2-4-7-13/h2-4,6-7,16H,5,8-12H2,1H3,(H,17,18). The van der Waals surface area contributed by atoms with Crippen molar-refractivity contribution < 1.29 is 4.79 Å². The molecule has 1 fully saturated rings. The molecule has 3 nitrogen and oxygen atoms in total. The third-order valence-electron chi connectivity index (χ3n) is 3.55. The Morgan fingerprint density at radius 3 is 2.89 bits per heavy atom. The molecule has 0 saturated carbocycles. The molecule has 104 valence electrons. The van der Waals surface area contributed by atoms with Gasteiger partial charge in [0, 0.05) is 23.7 Å². The average molecular weight is 278 g/mol. The summed E-state index contributed by atoms with van der Waals surface area (Å²) in [6.45, 7) is 4.62. The number of carbonyl (C=O) groups is 1. The molecule has 2 rings (SSSR count). The number of amides is 1. The van der Waals surface area contributed by atoms with Gasteiger partial charge in [0.25, 0.3) is 0 Å². The Bertz CT molecular complexity index is 402. The molecule has 1 atom stereocenters. The van der Waals surface area contributed by atoms with Crippen LogP contribution in [0.1, 0.15) is 19.8 Å². The van der Waals surface area contributed by atoms with E-state index in [1.807, 2.05) is 18.2 Å². The van der Waals surface area contributed by atoms with E-state index in [1.54, 1.807) is 11.8 Å². The molecule has 0 aliphatic carbocycles. The Labute approximate surface area is 119 Å². The van der Waals surface area contributed by atoms with Gasteiger partial charge in [0.05, 0.1) is 5.41 Å². The summed E-state index contributed by atoms with van der Waals surface area (Å²) in [4.78, 5) is 13.4. The summed E-state index contributed by atoms with van der Waals surface area (Å²) in [6, 6.07) is 10.3. The van der Waals surface area contributed by atoms with Gasteiger partial charge in [-0.05, 0) is 38.4 Å². The summed E-state index contributed by atoms with van der Waals surface area (Å²) in [5.41, 5.74) is -0.227. The predicted molar refractivity (Wildman–Crippen MR) is 80.4 cm³/mol. The number of hydrogen-bond donors (Lipinski definition) is 2. The van der Waals surface area contributed by atoms with Crippen LogP contribution in [0.2, 0.25) is 0 Å². The molecule has 0 bridgehead atoms. The number of benzene rings is 1. The molecule has 0 radical (unpaired) electrons. The molecule has 1 aliphatic rings. The maximum Gasteiger partial charge on any atom is 0.227 e. The van der Waals surface area contributed by atoms with Crippen molar-refractivity contribution in [1.82, 2.24) is 10.6 Å². The lowest BCUT2D eigenvalue weighted by Gasteiger charge is -2.32. The number of hydrogen-bond acceptors (Lipinski definition) is 3. The maximum absolute atomic E-state index is 12.2. The summed E-state index contributed by atoms with van der Waals surface area (Å²) < 4.78 is 0. The van der Waals surface area contributed by atoms with E-state index < -0.39 is 0 Å². The third kappa shape index (κ3) is 4.25. The van der Waals surface area contributed by atoms with Crippen molar-refractivity contribution in [2.45, 2.75) is 24.7 Å². The molecule has 1 unspecified atom stereocenters. The molecule has 19 heavy (non-hydrogen) atoms. The lowest BCUT2D eigenvalue weighted by Crippen LogP contribution is -2.49. The summed E-state index contributed by atoms with van der Waals surface area (Å²) in [6.07, 6.45) is 2.07. The summed E-state index contributed by atoms with van der Waals surface area (Å²) in [5, 5.41) is 6.37. The van der Waals surface area contributed by atoms with E-state index in [0.717, 1.165) is 38.2 Å². The lowest BCUT2D eigenvalue weighted by molar-refractivity contribution is -0.130. The first-order valence-electron chi connectivity index (χ1n) is 6.88. The molecule has 1 aromatic rings. The highest BCUT2D eigenvalue weighted by atomic mass is 32.2. The van der Waals surface area contributed by atoms with Crippen LogP contribution in [0.3, 0.4) is 0 Å². The minimum Gasteiger partial charge on any atom is -0.355 e. The van der Waals surface area contributed by atoms with Gasteiger partial charge in [-0.15, -0.1) is 11.8 Å². The van der Waals surface area contributed by atoms with Gasteiger partial charge in [0.15, 0.2) is 0 Å². The number of thioether (sulfide) groups is 1. The molecular weight excluding hydrogens is 256 g/mol.